The fourth-order valence-corrected chi connectivity index (χ4v) is 4.29. The van der Waals surface area contributed by atoms with Crippen molar-refractivity contribution in [2.75, 3.05) is 13.2 Å². The van der Waals surface area contributed by atoms with Crippen molar-refractivity contribution < 1.29 is 24.2 Å². The Bertz CT molecular complexity index is 1020. The van der Waals surface area contributed by atoms with E-state index in [9.17, 15) is 14.7 Å². The number of carbonyl (C=O) groups is 2. The molecule has 0 rings (SSSR count). The number of aliphatic hydroxyl groups is 1. The van der Waals surface area contributed by atoms with Gasteiger partial charge in [-0.05, 0) is 89.9 Å². The number of carbonyl (C=O) groups excluding carboxylic acids is 2. The molecule has 1 N–H and O–H groups in total. The minimum Gasteiger partial charge on any atom is -0.462 e. The lowest BCUT2D eigenvalue weighted by atomic mass is 10.1. The second-order valence-corrected chi connectivity index (χ2v) is 11.6. The molecule has 0 saturated carbocycles. The maximum atomic E-state index is 12.1. The van der Waals surface area contributed by atoms with Crippen LogP contribution >= 0.6 is 0 Å². The van der Waals surface area contributed by atoms with E-state index in [0.29, 0.717) is 12.8 Å². The van der Waals surface area contributed by atoms with E-state index in [-0.39, 0.29) is 25.6 Å². The van der Waals surface area contributed by atoms with Crippen LogP contribution in [0, 0.1) is 0 Å². The van der Waals surface area contributed by atoms with Gasteiger partial charge in [0.25, 0.3) is 0 Å². The van der Waals surface area contributed by atoms with Gasteiger partial charge in [0.1, 0.15) is 6.61 Å². The molecule has 0 amide bonds. The zero-order valence-corrected chi connectivity index (χ0v) is 30.2. The Morgan fingerprint density at radius 3 is 1.35 bits per heavy atom. The Morgan fingerprint density at radius 2 is 0.917 bits per heavy atom. The lowest BCUT2D eigenvalue weighted by molar-refractivity contribution is -0.161. The first kappa shape index (κ1) is 44.6. The Labute approximate surface area is 293 Å². The molecular formula is C43H66O5. The predicted octanol–water partition coefficient (Wildman–Crippen LogP) is 11.5. The first-order valence-corrected chi connectivity index (χ1v) is 18.4. The third kappa shape index (κ3) is 35.4. The van der Waals surface area contributed by atoms with Crippen LogP contribution < -0.4 is 0 Å². The number of allylic oxidation sites excluding steroid dienone is 18. The lowest BCUT2D eigenvalue weighted by Gasteiger charge is -2.15. The first-order chi connectivity index (χ1) is 23.6. The van der Waals surface area contributed by atoms with Crippen LogP contribution in [0.2, 0.25) is 0 Å². The number of ether oxygens (including phenoxy) is 2. The van der Waals surface area contributed by atoms with E-state index in [4.69, 9.17) is 9.47 Å². The molecule has 0 fully saturated rings. The molecule has 0 aromatic carbocycles. The van der Waals surface area contributed by atoms with Gasteiger partial charge in [-0.1, -0.05) is 136 Å². The zero-order valence-electron chi connectivity index (χ0n) is 30.2. The average Bonchev–Trinajstić information content (AvgIpc) is 3.09. The van der Waals surface area contributed by atoms with Gasteiger partial charge in [-0.3, -0.25) is 9.59 Å². The van der Waals surface area contributed by atoms with Gasteiger partial charge in [0.05, 0.1) is 6.61 Å². The summed E-state index contributed by atoms with van der Waals surface area (Å²) >= 11 is 0. The van der Waals surface area contributed by atoms with E-state index < -0.39 is 12.1 Å². The largest absolute Gasteiger partial charge is 0.462 e. The summed E-state index contributed by atoms with van der Waals surface area (Å²) in [5.74, 6) is -0.748. The summed E-state index contributed by atoms with van der Waals surface area (Å²) in [5, 5.41) is 9.52. The fraction of sp³-hybridized carbons (Fsp3) is 0.535. The van der Waals surface area contributed by atoms with Crippen LogP contribution in [0.15, 0.2) is 109 Å². The summed E-state index contributed by atoms with van der Waals surface area (Å²) in [6.07, 6.45) is 54.4. The van der Waals surface area contributed by atoms with Crippen LogP contribution in [-0.2, 0) is 19.1 Å². The van der Waals surface area contributed by atoms with Crippen molar-refractivity contribution in [3.05, 3.63) is 109 Å². The van der Waals surface area contributed by atoms with Crippen molar-refractivity contribution in [2.24, 2.45) is 0 Å². The molecule has 0 bridgehead atoms. The summed E-state index contributed by atoms with van der Waals surface area (Å²) < 4.78 is 10.5. The van der Waals surface area contributed by atoms with E-state index in [1.54, 1.807) is 0 Å². The van der Waals surface area contributed by atoms with E-state index in [1.165, 1.54) is 25.7 Å². The molecule has 0 heterocycles. The van der Waals surface area contributed by atoms with Crippen LogP contribution in [0.5, 0.6) is 0 Å². The minimum absolute atomic E-state index is 0.124. The molecule has 268 valence electrons. The summed E-state index contributed by atoms with van der Waals surface area (Å²) in [7, 11) is 0. The second kappa shape index (κ2) is 38.0. The van der Waals surface area contributed by atoms with Crippen molar-refractivity contribution in [1.82, 2.24) is 0 Å². The number of rotatable bonds is 31. The molecule has 0 aromatic rings. The first-order valence-electron chi connectivity index (χ1n) is 18.4. The number of unbranched alkanes of at least 4 members (excludes halogenated alkanes) is 5. The smallest absolute Gasteiger partial charge is 0.306 e. The van der Waals surface area contributed by atoms with E-state index in [2.05, 4.69) is 111 Å². The SMILES string of the molecule is CCC=CCC=CCC=CCC=CCC=CCC=CCCC(=O)O[C@@H](CO)COC(=O)CCCCC=CCC=CCC=CCCCCC. The monoisotopic (exact) mass is 662 g/mol. The summed E-state index contributed by atoms with van der Waals surface area (Å²) in [6.45, 7) is 3.86. The van der Waals surface area contributed by atoms with Crippen LogP contribution in [0.25, 0.3) is 0 Å². The van der Waals surface area contributed by atoms with Crippen LogP contribution in [0.3, 0.4) is 0 Å². The lowest BCUT2D eigenvalue weighted by Crippen LogP contribution is -2.28. The third-order valence-electron chi connectivity index (χ3n) is 7.06. The quantitative estimate of drug-likeness (QED) is 0.0454. The molecule has 5 heteroatoms. The molecular weight excluding hydrogens is 596 g/mol. The maximum absolute atomic E-state index is 12.1. The van der Waals surface area contributed by atoms with Crippen molar-refractivity contribution in [3.8, 4) is 0 Å². The van der Waals surface area contributed by atoms with Crippen LogP contribution in [-0.4, -0.2) is 36.4 Å². The van der Waals surface area contributed by atoms with Gasteiger partial charge in [-0.15, -0.1) is 0 Å². The molecule has 0 radical (unpaired) electrons. The molecule has 0 aromatic heterocycles. The Hall–Kier alpha value is -3.44. The highest BCUT2D eigenvalue weighted by Gasteiger charge is 2.15. The van der Waals surface area contributed by atoms with Gasteiger partial charge in [-0.25, -0.2) is 0 Å². The summed E-state index contributed by atoms with van der Waals surface area (Å²) in [6, 6.07) is 0. The molecule has 0 spiro atoms. The molecule has 0 saturated heterocycles. The number of esters is 2. The molecule has 0 unspecified atom stereocenters. The van der Waals surface area contributed by atoms with Gasteiger partial charge < -0.3 is 14.6 Å². The Balaban J connectivity index is 3.83. The predicted molar refractivity (Wildman–Crippen MR) is 205 cm³/mol. The van der Waals surface area contributed by atoms with Gasteiger partial charge in [0.15, 0.2) is 6.10 Å². The molecule has 0 aliphatic heterocycles. The normalized spacial score (nSPS) is 13.5. The maximum Gasteiger partial charge on any atom is 0.306 e. The van der Waals surface area contributed by atoms with Gasteiger partial charge in [0, 0.05) is 12.8 Å². The zero-order chi connectivity index (χ0) is 35.0. The molecule has 0 aliphatic rings. The Morgan fingerprint density at radius 1 is 0.500 bits per heavy atom. The minimum atomic E-state index is -0.834. The molecule has 1 atom stereocenters. The third-order valence-corrected chi connectivity index (χ3v) is 7.06. The highest BCUT2D eigenvalue weighted by atomic mass is 16.6. The van der Waals surface area contributed by atoms with E-state index in [1.807, 2.05) is 12.2 Å². The van der Waals surface area contributed by atoms with Crippen molar-refractivity contribution >= 4 is 11.9 Å². The number of hydrogen-bond acceptors (Lipinski definition) is 5. The number of aliphatic hydroxyl groups excluding tert-OH is 1. The van der Waals surface area contributed by atoms with Crippen molar-refractivity contribution in [3.63, 3.8) is 0 Å². The van der Waals surface area contributed by atoms with Gasteiger partial charge in [0.2, 0.25) is 0 Å². The summed E-state index contributed by atoms with van der Waals surface area (Å²) in [4.78, 5) is 24.2. The molecule has 0 aliphatic carbocycles. The highest BCUT2D eigenvalue weighted by molar-refractivity contribution is 5.70. The molecule has 48 heavy (non-hydrogen) atoms. The fourth-order valence-electron chi connectivity index (χ4n) is 4.29. The highest BCUT2D eigenvalue weighted by Crippen LogP contribution is 2.06. The van der Waals surface area contributed by atoms with Crippen molar-refractivity contribution in [2.45, 2.75) is 136 Å². The summed E-state index contributed by atoms with van der Waals surface area (Å²) in [5.41, 5.74) is 0. The van der Waals surface area contributed by atoms with Crippen LogP contribution in [0.1, 0.15) is 129 Å². The van der Waals surface area contributed by atoms with E-state index in [0.717, 1.165) is 70.6 Å². The average molecular weight is 663 g/mol. The topological polar surface area (TPSA) is 72.8 Å². The molecule has 5 nitrogen and oxygen atoms in total. The second-order valence-electron chi connectivity index (χ2n) is 11.6. The number of hydrogen-bond donors (Lipinski definition) is 1. The van der Waals surface area contributed by atoms with Crippen LogP contribution in [0.4, 0.5) is 0 Å². The van der Waals surface area contributed by atoms with E-state index >= 15 is 0 Å². The van der Waals surface area contributed by atoms with Gasteiger partial charge in [-0.2, -0.15) is 0 Å². The standard InChI is InChI=1S/C43H66O5/c1-3-5-7-9-11-13-15-17-19-20-21-22-24-26-28-30-32-34-36-38-43(46)48-41(39-44)40-47-42(45)37-35-33-31-29-27-25-23-18-16-14-12-10-8-6-4-2/h5,7,11-14,17-19,21-23,26-29,32,34,41,44H,3-4,6,8-10,15-16,20,24-25,30-31,33,35-40H2,1-2H3/t41-/m0/s1. The van der Waals surface area contributed by atoms with Gasteiger partial charge >= 0.3 is 11.9 Å². The Kier molecular flexibility index (Phi) is 35.3. The van der Waals surface area contributed by atoms with Crippen molar-refractivity contribution in [1.29, 1.82) is 0 Å².